The van der Waals surface area contributed by atoms with Crippen molar-refractivity contribution in [3.05, 3.63) is 216 Å². The number of para-hydroxylation sites is 2. The summed E-state index contributed by atoms with van der Waals surface area (Å²) in [5.74, 6) is 0. The Balaban J connectivity index is 0.851. The Labute approximate surface area is 462 Å². The lowest BCUT2D eigenvalue weighted by molar-refractivity contribution is 0.572. The number of nitriles is 1. The zero-order chi connectivity index (χ0) is 54.5. The third-order valence-electron chi connectivity index (χ3n) is 16.4. The van der Waals surface area contributed by atoms with Crippen LogP contribution < -0.4 is 9.80 Å². The van der Waals surface area contributed by atoms with Gasteiger partial charge in [0.1, 0.15) is 45.2 Å². The van der Waals surface area contributed by atoms with Gasteiger partial charge >= 0.3 is 0 Å². The summed E-state index contributed by atoms with van der Waals surface area (Å²) in [5, 5.41) is 22.7. The molecule has 7 nitrogen and oxygen atoms in total. The predicted octanol–water partition coefficient (Wildman–Crippen LogP) is 21.6. The molecular weight excluding hydrogens is 983 g/mol. The van der Waals surface area contributed by atoms with Crippen molar-refractivity contribution in [2.45, 2.75) is 66.2 Å². The second kappa shape index (κ2) is 17.1. The molecule has 4 aromatic heterocycles. The van der Waals surface area contributed by atoms with E-state index in [0.29, 0.717) is 22.3 Å². The summed E-state index contributed by atoms with van der Waals surface area (Å²) in [6, 6.07) is 69.4. The molecule has 0 aliphatic carbocycles. The van der Waals surface area contributed by atoms with Gasteiger partial charge in [-0.25, -0.2) is 0 Å². The molecule has 0 atom stereocenters. The minimum atomic E-state index is -0.0742. The Morgan fingerprint density at radius 3 is 1.24 bits per heavy atom. The Bertz CT molecular complexity index is 5120. The van der Waals surface area contributed by atoms with Crippen molar-refractivity contribution >= 4 is 143 Å². The number of rotatable bonds is 6. The summed E-state index contributed by atoms with van der Waals surface area (Å²) in [6.45, 7) is 17.6. The zero-order valence-electron chi connectivity index (χ0n) is 45.9. The van der Waals surface area contributed by atoms with Gasteiger partial charge in [-0.2, -0.15) is 5.26 Å². The number of aryl methyl sites for hydroxylation is 2. The molecule has 0 fully saturated rings. The van der Waals surface area contributed by atoms with Crippen LogP contribution in [0.4, 0.5) is 34.1 Å². The largest absolute Gasteiger partial charge is 0.456 e. The fourth-order valence-corrected chi connectivity index (χ4v) is 12.3. The second-order valence-corrected chi connectivity index (χ2v) is 23.9. The van der Waals surface area contributed by atoms with Gasteiger partial charge in [-0.15, -0.1) is 0 Å². The van der Waals surface area contributed by atoms with Crippen molar-refractivity contribution in [1.29, 1.82) is 5.26 Å². The van der Waals surface area contributed by atoms with Crippen LogP contribution in [-0.4, -0.2) is 0 Å². The van der Waals surface area contributed by atoms with Crippen LogP contribution in [0.3, 0.4) is 0 Å². The van der Waals surface area contributed by atoms with E-state index < -0.39 is 0 Å². The highest BCUT2D eigenvalue weighted by Gasteiger charge is 2.26. The molecule has 0 N–H and O–H groups in total. The van der Waals surface area contributed by atoms with Gasteiger partial charge in [0.05, 0.1) is 10.9 Å². The lowest BCUT2D eigenvalue weighted by Crippen LogP contribution is -2.11. The monoisotopic (exact) mass is 1040 g/mol. The predicted molar refractivity (Wildman–Crippen MR) is 332 cm³/mol. The van der Waals surface area contributed by atoms with Gasteiger partial charge in [-0.3, -0.25) is 0 Å². The zero-order valence-corrected chi connectivity index (χ0v) is 45.9. The minimum Gasteiger partial charge on any atom is -0.456 e. The maximum absolute atomic E-state index is 10.7. The first-order valence-electron chi connectivity index (χ1n) is 27.4. The number of benzene rings is 11. The first kappa shape index (κ1) is 47.4. The Hall–Kier alpha value is -9.77. The summed E-state index contributed by atoms with van der Waals surface area (Å²) >= 11 is 0. The molecule has 0 amide bonds. The first-order chi connectivity index (χ1) is 38.6. The lowest BCUT2D eigenvalue weighted by Gasteiger charge is -2.26. The van der Waals surface area contributed by atoms with E-state index in [9.17, 15) is 5.26 Å². The van der Waals surface area contributed by atoms with Crippen molar-refractivity contribution in [3.8, 4) is 6.07 Å². The molecule has 0 radical (unpaired) electrons. The number of fused-ring (bicyclic) bond motifs is 15. The maximum atomic E-state index is 10.7. The van der Waals surface area contributed by atoms with E-state index in [1.165, 1.54) is 22.3 Å². The van der Waals surface area contributed by atoms with E-state index in [-0.39, 0.29) is 10.8 Å². The summed E-state index contributed by atoms with van der Waals surface area (Å²) in [5.41, 5.74) is 17.4. The minimum absolute atomic E-state index is 0.0724. The van der Waals surface area contributed by atoms with Crippen molar-refractivity contribution < 1.29 is 17.7 Å². The molecule has 11 aromatic carbocycles. The Kier molecular flexibility index (Phi) is 10.1. The number of nitrogens with zero attached hydrogens (tertiary/aromatic N) is 3. The molecule has 0 aliphatic heterocycles. The number of anilines is 6. The van der Waals surface area contributed by atoms with Gasteiger partial charge in [0, 0.05) is 83.0 Å². The number of hydrogen-bond acceptors (Lipinski definition) is 7. The Morgan fingerprint density at radius 2 is 0.750 bits per heavy atom. The number of hydrogen-bond donors (Lipinski definition) is 0. The van der Waals surface area contributed by atoms with E-state index >= 15 is 0 Å². The molecule has 80 heavy (non-hydrogen) atoms. The van der Waals surface area contributed by atoms with E-state index in [1.54, 1.807) is 0 Å². The van der Waals surface area contributed by atoms with E-state index in [0.717, 1.165) is 127 Å². The molecule has 4 heterocycles. The summed E-state index contributed by atoms with van der Waals surface area (Å²) in [4.78, 5) is 4.61. The van der Waals surface area contributed by atoms with Crippen molar-refractivity contribution in [1.82, 2.24) is 0 Å². The average Bonchev–Trinajstić information content (AvgIpc) is 4.40. The van der Waals surface area contributed by atoms with Gasteiger partial charge in [-0.1, -0.05) is 125 Å². The van der Waals surface area contributed by atoms with Gasteiger partial charge in [-0.05, 0) is 161 Å². The summed E-state index contributed by atoms with van der Waals surface area (Å²) in [6.07, 6.45) is 0. The smallest absolute Gasteiger partial charge is 0.156 e. The van der Waals surface area contributed by atoms with Crippen LogP contribution in [0, 0.1) is 25.2 Å². The van der Waals surface area contributed by atoms with Crippen LogP contribution in [-0.2, 0) is 10.8 Å². The Morgan fingerprint density at radius 1 is 0.338 bits per heavy atom. The standard InChI is InChI=1S/C73H55N3O4/c1-41-15-21-48(22-16-41)75(52-27-29-63-57(38-52)54-11-9-13-61(69(54)77-63)72(3,4)5)50-25-19-43-33-56-59-35-47(40-74)68-67(71(59)80-65(56)36-45(43)31-50)60-34-44-20-26-51(32-46(44)37-66(60)79-68)76(49-23-17-42(2)18-24-49)53-28-30-64-58(39-53)55-12-10-14-62(70(55)78-64)73(6,7)8/h9-39H,1-8H3. The van der Waals surface area contributed by atoms with E-state index in [2.05, 4.69) is 253 Å². The quantitative estimate of drug-likeness (QED) is 0.164. The molecule has 0 bridgehead atoms. The fourth-order valence-electron chi connectivity index (χ4n) is 12.3. The normalized spacial score (nSPS) is 12.5. The van der Waals surface area contributed by atoms with Crippen molar-refractivity contribution in [2.75, 3.05) is 9.80 Å². The third-order valence-corrected chi connectivity index (χ3v) is 16.4. The van der Waals surface area contributed by atoms with Crippen LogP contribution in [0.5, 0.6) is 0 Å². The fraction of sp³-hybridized carbons (Fsp3) is 0.137. The molecule has 0 unspecified atom stereocenters. The maximum Gasteiger partial charge on any atom is 0.156 e. The molecular formula is C73H55N3O4. The van der Waals surface area contributed by atoms with Crippen molar-refractivity contribution in [2.24, 2.45) is 0 Å². The SMILES string of the molecule is Cc1ccc(N(c2ccc3cc4c(cc3c2)oc2c4cc(C#N)c3oc4cc5cc(N(c6ccc(C)cc6)c6ccc7oc8c(C(C)(C)C)cccc8c7c6)ccc5cc4c32)c2ccc3oc4c(C(C)(C)C)cccc4c3c2)cc1. The van der Waals surface area contributed by atoms with Crippen molar-refractivity contribution in [3.63, 3.8) is 0 Å². The molecule has 386 valence electrons. The van der Waals surface area contributed by atoms with E-state index in [1.807, 2.05) is 6.07 Å². The highest BCUT2D eigenvalue weighted by Crippen LogP contribution is 2.47. The molecule has 7 heteroatoms. The van der Waals surface area contributed by atoms with Gasteiger partial charge in [0.25, 0.3) is 0 Å². The molecule has 15 rings (SSSR count). The van der Waals surface area contributed by atoms with Gasteiger partial charge < -0.3 is 27.5 Å². The van der Waals surface area contributed by atoms with E-state index in [4.69, 9.17) is 17.7 Å². The van der Waals surface area contributed by atoms with Crippen LogP contribution in [0.2, 0.25) is 0 Å². The molecule has 0 spiro atoms. The average molecular weight is 1040 g/mol. The van der Waals surface area contributed by atoms with Crippen LogP contribution in [0.25, 0.3) is 109 Å². The number of furan rings is 4. The topological polar surface area (TPSA) is 82.8 Å². The summed E-state index contributed by atoms with van der Waals surface area (Å²) in [7, 11) is 0. The second-order valence-electron chi connectivity index (χ2n) is 23.9. The third kappa shape index (κ3) is 7.39. The van der Waals surface area contributed by atoms with Crippen LogP contribution in [0.15, 0.2) is 206 Å². The van der Waals surface area contributed by atoms with Crippen LogP contribution >= 0.6 is 0 Å². The first-order valence-corrected chi connectivity index (χ1v) is 27.4. The van der Waals surface area contributed by atoms with Crippen LogP contribution in [0.1, 0.15) is 69.4 Å². The highest BCUT2D eigenvalue weighted by molar-refractivity contribution is 6.25. The van der Waals surface area contributed by atoms with Gasteiger partial charge in [0.15, 0.2) is 5.58 Å². The molecule has 0 saturated heterocycles. The highest BCUT2D eigenvalue weighted by atomic mass is 16.3. The van der Waals surface area contributed by atoms with Gasteiger partial charge in [0.2, 0.25) is 0 Å². The lowest BCUT2D eigenvalue weighted by atomic mass is 9.86. The molecule has 0 aliphatic rings. The molecule has 15 aromatic rings. The summed E-state index contributed by atoms with van der Waals surface area (Å²) < 4.78 is 26.9. The molecule has 0 saturated carbocycles.